The first kappa shape index (κ1) is 14.0. The van der Waals surface area contributed by atoms with E-state index in [1.165, 1.54) is 25.7 Å². The summed E-state index contributed by atoms with van der Waals surface area (Å²) in [5, 5.41) is 10.1. The Morgan fingerprint density at radius 1 is 1.13 bits per heavy atom. The molecule has 5 nitrogen and oxygen atoms in total. The second-order valence-electron chi connectivity index (χ2n) is 3.72. The van der Waals surface area contributed by atoms with Gasteiger partial charge in [0, 0.05) is 6.04 Å². The lowest BCUT2D eigenvalue weighted by molar-refractivity contribution is 0.531. The van der Waals surface area contributed by atoms with Crippen molar-refractivity contribution in [1.82, 2.24) is 5.32 Å². The van der Waals surface area contributed by atoms with Gasteiger partial charge >= 0.3 is 0 Å². The van der Waals surface area contributed by atoms with E-state index in [9.17, 15) is 0 Å². The van der Waals surface area contributed by atoms with Crippen molar-refractivity contribution in [3.63, 3.8) is 0 Å². The van der Waals surface area contributed by atoms with E-state index in [0.717, 1.165) is 12.8 Å². The number of hydrogen-bond donors (Lipinski definition) is 4. The molecule has 1 saturated carbocycles. The maximum absolute atomic E-state index is 6.96. The molecule has 1 aliphatic carbocycles. The molecule has 1 rings (SSSR count). The van der Waals surface area contributed by atoms with E-state index in [0.29, 0.717) is 6.04 Å². The number of hydrogen-bond acceptors (Lipinski definition) is 1. The lowest BCUT2D eigenvalue weighted by Crippen LogP contribution is -2.40. The van der Waals surface area contributed by atoms with Crippen molar-refractivity contribution in [2.75, 3.05) is 0 Å². The van der Waals surface area contributed by atoms with Crippen LogP contribution < -0.4 is 16.8 Å². The van der Waals surface area contributed by atoms with Gasteiger partial charge in [0.15, 0.2) is 5.96 Å². The third-order valence-electron chi connectivity index (χ3n) is 2.45. The number of halogens is 1. The summed E-state index contributed by atoms with van der Waals surface area (Å²) in [4.78, 5) is 3.65. The highest BCUT2D eigenvalue weighted by Crippen LogP contribution is 2.16. The first-order valence-corrected chi connectivity index (χ1v) is 5.13. The van der Waals surface area contributed by atoms with Crippen LogP contribution in [-0.2, 0) is 0 Å². The van der Waals surface area contributed by atoms with Crippen LogP contribution >= 0.6 is 12.4 Å². The molecule has 88 valence electrons. The first-order chi connectivity index (χ1) is 6.68. The van der Waals surface area contributed by atoms with Gasteiger partial charge in [0.1, 0.15) is 0 Å². The SMILES string of the molecule is Cl.N=C(N)/N=C(\N)NC1CCCCCC1. The summed E-state index contributed by atoms with van der Waals surface area (Å²) >= 11 is 0. The molecule has 0 aromatic heterocycles. The summed E-state index contributed by atoms with van der Waals surface area (Å²) in [5.41, 5.74) is 10.7. The van der Waals surface area contributed by atoms with E-state index in [2.05, 4.69) is 10.3 Å². The van der Waals surface area contributed by atoms with E-state index < -0.39 is 0 Å². The number of nitrogens with zero attached hydrogens (tertiary/aromatic N) is 1. The smallest absolute Gasteiger partial charge is 0.215 e. The standard InChI is InChI=1S/C9H19N5.ClH/c10-8(11)14-9(12)13-7-5-3-1-2-4-6-7;/h7H,1-6H2,(H6,10,11,12,13,14);1H. The van der Waals surface area contributed by atoms with Gasteiger partial charge in [0.2, 0.25) is 5.96 Å². The summed E-state index contributed by atoms with van der Waals surface area (Å²) < 4.78 is 0. The van der Waals surface area contributed by atoms with Crippen LogP contribution in [0.15, 0.2) is 4.99 Å². The lowest BCUT2D eigenvalue weighted by atomic mass is 10.1. The summed E-state index contributed by atoms with van der Waals surface area (Å²) in [6.45, 7) is 0. The van der Waals surface area contributed by atoms with Gasteiger partial charge in [-0.25, -0.2) is 0 Å². The minimum Gasteiger partial charge on any atom is -0.370 e. The minimum absolute atomic E-state index is 0. The third-order valence-corrected chi connectivity index (χ3v) is 2.45. The highest BCUT2D eigenvalue weighted by atomic mass is 35.5. The molecule has 1 aliphatic rings. The number of rotatable bonds is 1. The quantitative estimate of drug-likeness (QED) is 0.308. The monoisotopic (exact) mass is 233 g/mol. The fourth-order valence-electron chi connectivity index (χ4n) is 1.79. The molecule has 0 amide bonds. The predicted molar refractivity (Wildman–Crippen MR) is 65.4 cm³/mol. The lowest BCUT2D eigenvalue weighted by Gasteiger charge is -2.16. The molecule has 1 fully saturated rings. The average Bonchev–Trinajstić information content (AvgIpc) is 2.31. The molecule has 0 unspecified atom stereocenters. The average molecular weight is 234 g/mol. The molecule has 0 aliphatic heterocycles. The van der Waals surface area contributed by atoms with Crippen molar-refractivity contribution in [3.05, 3.63) is 0 Å². The van der Waals surface area contributed by atoms with E-state index in [4.69, 9.17) is 16.9 Å². The summed E-state index contributed by atoms with van der Waals surface area (Å²) in [6.07, 6.45) is 7.36. The normalized spacial score (nSPS) is 18.8. The zero-order valence-corrected chi connectivity index (χ0v) is 9.65. The van der Waals surface area contributed by atoms with E-state index >= 15 is 0 Å². The Hall–Kier alpha value is -0.970. The molecule has 0 aromatic carbocycles. The molecular formula is C9H20ClN5. The van der Waals surface area contributed by atoms with Crippen molar-refractivity contribution < 1.29 is 0 Å². The summed E-state index contributed by atoms with van der Waals surface area (Å²) in [7, 11) is 0. The van der Waals surface area contributed by atoms with Gasteiger partial charge in [-0.3, -0.25) is 5.41 Å². The fraction of sp³-hybridized carbons (Fsp3) is 0.778. The third kappa shape index (κ3) is 6.17. The molecule has 15 heavy (non-hydrogen) atoms. The molecule has 0 radical (unpaired) electrons. The topological polar surface area (TPSA) is 100 Å². The van der Waals surface area contributed by atoms with Crippen LogP contribution in [0.5, 0.6) is 0 Å². The minimum atomic E-state index is -0.247. The number of aliphatic imine (C=N–C) groups is 1. The highest BCUT2D eigenvalue weighted by Gasteiger charge is 2.12. The molecule has 0 spiro atoms. The Morgan fingerprint density at radius 2 is 1.67 bits per heavy atom. The first-order valence-electron chi connectivity index (χ1n) is 5.13. The van der Waals surface area contributed by atoms with Crippen LogP contribution in [-0.4, -0.2) is 18.0 Å². The molecule has 0 bridgehead atoms. The Bertz CT molecular complexity index is 221. The second-order valence-corrected chi connectivity index (χ2v) is 3.72. The van der Waals surface area contributed by atoms with Crippen molar-refractivity contribution in [2.45, 2.75) is 44.6 Å². The van der Waals surface area contributed by atoms with Gasteiger partial charge in [-0.1, -0.05) is 25.7 Å². The summed E-state index contributed by atoms with van der Waals surface area (Å²) in [5.74, 6) is 0.0213. The van der Waals surface area contributed by atoms with E-state index in [1.807, 2.05) is 0 Å². The maximum atomic E-state index is 6.96. The van der Waals surface area contributed by atoms with Gasteiger partial charge in [-0.05, 0) is 12.8 Å². The highest BCUT2D eigenvalue weighted by molar-refractivity contribution is 5.91. The van der Waals surface area contributed by atoms with Crippen LogP contribution in [0.2, 0.25) is 0 Å². The zero-order chi connectivity index (χ0) is 10.4. The van der Waals surface area contributed by atoms with Gasteiger partial charge in [-0.15, -0.1) is 12.4 Å². The molecular weight excluding hydrogens is 214 g/mol. The number of nitrogens with one attached hydrogen (secondary N) is 2. The fourth-order valence-corrected chi connectivity index (χ4v) is 1.79. The van der Waals surface area contributed by atoms with Crippen molar-refractivity contribution in [2.24, 2.45) is 16.5 Å². The van der Waals surface area contributed by atoms with Gasteiger partial charge in [0.25, 0.3) is 0 Å². The molecule has 6 heteroatoms. The molecule has 0 saturated heterocycles. The van der Waals surface area contributed by atoms with Gasteiger partial charge in [0.05, 0.1) is 0 Å². The van der Waals surface area contributed by atoms with Crippen molar-refractivity contribution in [3.8, 4) is 0 Å². The van der Waals surface area contributed by atoms with Crippen LogP contribution in [0.1, 0.15) is 38.5 Å². The van der Waals surface area contributed by atoms with Gasteiger partial charge < -0.3 is 16.8 Å². The molecule has 0 heterocycles. The largest absolute Gasteiger partial charge is 0.370 e. The van der Waals surface area contributed by atoms with Crippen LogP contribution in [0.4, 0.5) is 0 Å². The van der Waals surface area contributed by atoms with E-state index in [1.54, 1.807) is 0 Å². The van der Waals surface area contributed by atoms with Crippen molar-refractivity contribution in [1.29, 1.82) is 5.41 Å². The van der Waals surface area contributed by atoms with Crippen molar-refractivity contribution >= 4 is 24.3 Å². The number of nitrogens with two attached hydrogens (primary N) is 2. The van der Waals surface area contributed by atoms with Crippen LogP contribution in [0.25, 0.3) is 0 Å². The molecule has 6 N–H and O–H groups in total. The molecule has 0 aromatic rings. The summed E-state index contributed by atoms with van der Waals surface area (Å²) in [6, 6.07) is 0.403. The Labute approximate surface area is 96.6 Å². The molecule has 0 atom stereocenters. The predicted octanol–water partition coefficient (Wildman–Crippen LogP) is 0.929. The van der Waals surface area contributed by atoms with Crippen LogP contribution in [0, 0.1) is 5.41 Å². The Balaban J connectivity index is 0.00000196. The van der Waals surface area contributed by atoms with Crippen LogP contribution in [0.3, 0.4) is 0 Å². The second kappa shape index (κ2) is 7.34. The number of guanidine groups is 2. The maximum Gasteiger partial charge on any atom is 0.215 e. The Morgan fingerprint density at radius 3 is 2.13 bits per heavy atom. The van der Waals surface area contributed by atoms with Gasteiger partial charge in [-0.2, -0.15) is 4.99 Å². The van der Waals surface area contributed by atoms with E-state index in [-0.39, 0.29) is 24.3 Å². The zero-order valence-electron chi connectivity index (χ0n) is 8.83. The Kier molecular flexibility index (Phi) is 6.86.